The summed E-state index contributed by atoms with van der Waals surface area (Å²) in [5.74, 6) is -4.43. The number of unbranched alkanes of at least 4 members (excludes halogenated alkanes) is 2. The Bertz CT molecular complexity index is 2390. The molecule has 0 bridgehead atoms. The summed E-state index contributed by atoms with van der Waals surface area (Å²) in [6.07, 6.45) is 18.7. The van der Waals surface area contributed by atoms with Crippen molar-refractivity contribution in [3.8, 4) is 0 Å². The third kappa shape index (κ3) is 10.8. The fraction of sp³-hybridized carbons (Fsp3) is 0.867. The number of carbonyl (C=O) groups is 2. The molecular weight excluding hydrogens is 1060 g/mol. The summed E-state index contributed by atoms with van der Waals surface area (Å²) in [7, 11) is 0. The first-order chi connectivity index (χ1) is 39.7. The lowest BCUT2D eigenvalue weighted by atomic mass is 9.80. The third-order valence-corrected chi connectivity index (χ3v) is 21.5. The van der Waals surface area contributed by atoms with Gasteiger partial charge in [0.2, 0.25) is 11.8 Å². The predicted octanol–water partition coefficient (Wildman–Crippen LogP) is 7.99. The lowest BCUT2D eigenvalue weighted by molar-refractivity contribution is -0.393. The molecule has 0 aromatic heterocycles. The summed E-state index contributed by atoms with van der Waals surface area (Å²) in [6.45, 7) is 12.8. The van der Waals surface area contributed by atoms with Gasteiger partial charge in [-0.1, -0.05) is 36.9 Å². The van der Waals surface area contributed by atoms with Crippen LogP contribution in [0.5, 0.6) is 0 Å². The summed E-state index contributed by atoms with van der Waals surface area (Å²) in [5, 5.41) is 6.86. The van der Waals surface area contributed by atoms with E-state index in [1.54, 1.807) is 43.2 Å². The van der Waals surface area contributed by atoms with E-state index in [9.17, 15) is 9.59 Å². The zero-order chi connectivity index (χ0) is 56.4. The van der Waals surface area contributed by atoms with Crippen LogP contribution >= 0.6 is 0 Å². The number of nitrogens with zero attached hydrogens (tertiary/aromatic N) is 8. The van der Waals surface area contributed by atoms with Crippen molar-refractivity contribution >= 4 is 11.8 Å². The Morgan fingerprint density at radius 3 is 0.854 bits per heavy atom. The van der Waals surface area contributed by atoms with Crippen LogP contribution in [0.2, 0.25) is 0 Å². The predicted molar refractivity (Wildman–Crippen MR) is 293 cm³/mol. The first-order valence-electron chi connectivity index (χ1n) is 31.1. The maximum absolute atomic E-state index is 12.4. The zero-order valence-electron chi connectivity index (χ0n) is 48.6. The number of likely N-dealkylation sites (tertiary alicyclic amines) is 2. The second kappa shape index (κ2) is 22.2. The number of amides is 2. The van der Waals surface area contributed by atoms with E-state index in [0.29, 0.717) is 183 Å². The fourth-order valence-corrected chi connectivity index (χ4v) is 15.9. The minimum absolute atomic E-state index is 0.0917. The number of azide groups is 2. The molecule has 450 valence electrons. The van der Waals surface area contributed by atoms with Crippen molar-refractivity contribution in [3.63, 3.8) is 0 Å². The quantitative estimate of drug-likeness (QED) is 0.122. The van der Waals surface area contributed by atoms with Crippen molar-refractivity contribution in [3.05, 3.63) is 54.3 Å². The van der Waals surface area contributed by atoms with E-state index in [0.717, 1.165) is 64.2 Å². The molecule has 2 amide bonds. The molecule has 8 aliphatic heterocycles. The van der Waals surface area contributed by atoms with Crippen LogP contribution in [-0.4, -0.2) is 175 Å². The molecule has 0 atom stereocenters. The molecule has 1 aromatic carbocycles. The van der Waals surface area contributed by atoms with E-state index in [-0.39, 0.29) is 46.6 Å². The highest BCUT2D eigenvalue weighted by Crippen LogP contribution is 2.56. The van der Waals surface area contributed by atoms with Crippen molar-refractivity contribution in [2.75, 3.05) is 119 Å². The van der Waals surface area contributed by atoms with Gasteiger partial charge < -0.3 is 66.6 Å². The van der Waals surface area contributed by atoms with Crippen LogP contribution in [0.25, 0.3) is 20.9 Å². The Balaban J connectivity index is 0.594. The van der Waals surface area contributed by atoms with Gasteiger partial charge in [-0.05, 0) is 95.8 Å². The van der Waals surface area contributed by atoms with Crippen LogP contribution in [0.4, 0.5) is 0 Å². The van der Waals surface area contributed by atoms with Gasteiger partial charge in [0.15, 0.2) is 34.7 Å². The van der Waals surface area contributed by atoms with Gasteiger partial charge >= 0.3 is 0 Å². The second-order valence-electron chi connectivity index (χ2n) is 27.3. The topological polar surface area (TPSA) is 249 Å². The van der Waals surface area contributed by atoms with Crippen LogP contribution in [-0.2, 0) is 105 Å². The molecule has 82 heavy (non-hydrogen) atoms. The van der Waals surface area contributed by atoms with Crippen molar-refractivity contribution in [2.45, 2.75) is 190 Å². The fourth-order valence-electron chi connectivity index (χ4n) is 15.9. The van der Waals surface area contributed by atoms with E-state index in [4.69, 9.17) is 67.9 Å². The van der Waals surface area contributed by atoms with Crippen LogP contribution in [0, 0.1) is 21.7 Å². The number of ether oxygens (including phenoxy) is 12. The minimum atomic E-state index is -0.723. The molecule has 0 N–H and O–H groups in total. The van der Waals surface area contributed by atoms with Gasteiger partial charge in [-0.15, -0.1) is 0 Å². The first-order valence-corrected chi connectivity index (χ1v) is 31.1. The number of benzene rings is 1. The van der Waals surface area contributed by atoms with Crippen LogP contribution in [0.3, 0.4) is 0 Å². The van der Waals surface area contributed by atoms with Gasteiger partial charge in [0.05, 0.1) is 90.1 Å². The van der Waals surface area contributed by atoms with Gasteiger partial charge in [-0.25, -0.2) is 0 Å². The van der Waals surface area contributed by atoms with Gasteiger partial charge in [0, 0.05) is 124 Å². The van der Waals surface area contributed by atoms with E-state index in [2.05, 4.69) is 33.9 Å². The molecular formula is C60H86N8O14. The van der Waals surface area contributed by atoms with Crippen molar-refractivity contribution < 1.29 is 66.4 Å². The Hall–Kier alpha value is -3.70. The molecule has 22 nitrogen and oxygen atoms in total. The molecule has 22 heteroatoms. The molecule has 4 aliphatic carbocycles. The molecule has 8 heterocycles. The van der Waals surface area contributed by atoms with Gasteiger partial charge in [-0.3, -0.25) is 9.59 Å². The Labute approximate surface area is 481 Å². The maximum atomic E-state index is 12.4. The average Bonchev–Trinajstić information content (AvgIpc) is 3.93. The Morgan fingerprint density at radius 1 is 0.390 bits per heavy atom. The van der Waals surface area contributed by atoms with E-state index < -0.39 is 34.7 Å². The molecule has 1 aromatic rings. The monoisotopic (exact) mass is 1140 g/mol. The molecule has 12 aliphatic rings. The average molecular weight is 1140 g/mol. The van der Waals surface area contributed by atoms with Gasteiger partial charge in [0.25, 0.3) is 0 Å². The zero-order valence-corrected chi connectivity index (χ0v) is 48.6. The minimum Gasteiger partial charge on any atom is -0.349 e. The SMILES string of the molecule is CCCCc1c2c(c(CCCC)c3c1CC1(COC4(CCC5(CC4)OCC4(COC6(CCN(C(=O)CN=[N+]=[N-])CC6)OC4)CO5)OC1)C3)CC1(COC3(CCC4(CC3)OCC3(COC5(CCN(C(=O)CN=[N+]=[N-])CC5)OC3)CO4)OC1)C2. The highest BCUT2D eigenvalue weighted by atomic mass is 16.8. The molecule has 10 fully saturated rings. The van der Waals surface area contributed by atoms with E-state index in [1.807, 2.05) is 0 Å². The number of carbonyl (C=O) groups excluding carboxylic acids is 2. The third-order valence-electron chi connectivity index (χ3n) is 21.5. The number of fused-ring (bicyclic) bond motifs is 2. The van der Waals surface area contributed by atoms with Crippen LogP contribution < -0.4 is 0 Å². The van der Waals surface area contributed by atoms with E-state index >= 15 is 0 Å². The number of hydrogen-bond donors (Lipinski definition) is 0. The maximum Gasteiger partial charge on any atom is 0.228 e. The number of piperidine rings is 2. The first kappa shape index (κ1) is 57.4. The Morgan fingerprint density at radius 2 is 0.622 bits per heavy atom. The normalized spacial score (nSPS) is 28.9. The summed E-state index contributed by atoms with van der Waals surface area (Å²) < 4.78 is 80.5. The molecule has 2 saturated carbocycles. The van der Waals surface area contributed by atoms with Crippen molar-refractivity contribution in [2.24, 2.45) is 31.9 Å². The Kier molecular flexibility index (Phi) is 15.6. The van der Waals surface area contributed by atoms with Gasteiger partial charge in [0.1, 0.15) is 13.1 Å². The van der Waals surface area contributed by atoms with E-state index in [1.165, 1.54) is 0 Å². The standard InChI is InChI=1S/C60H86N8O14/c1-3-5-7-43-45-25-51(31-71-55(72-32-51)9-13-57(14-10-55)75-35-53(36-76-57)39-79-59(80-40-53)17-21-67(22-18-59)49(69)29-63-65-61)27-47(45)44(8-6-4-2)48-28-52(26-46(43)48)33-73-56(74-34-52)11-15-58(16-12-56)77-37-54(38-78-58)41-81-60(82-42-54)19-23-68(24-20-60)50(70)30-64-66-62/h3-42H2,1-2H3. The number of rotatable bonds is 10. The number of hydrogen-bond acceptors (Lipinski definition) is 16. The summed E-state index contributed by atoms with van der Waals surface area (Å²) in [4.78, 5) is 33.7. The summed E-state index contributed by atoms with van der Waals surface area (Å²) in [5.41, 5.74) is 25.8. The summed E-state index contributed by atoms with van der Waals surface area (Å²) in [6, 6.07) is 0. The smallest absolute Gasteiger partial charge is 0.228 e. The molecule has 0 radical (unpaired) electrons. The highest BCUT2D eigenvalue weighted by Gasteiger charge is 2.60. The molecule has 0 unspecified atom stereocenters. The lowest BCUT2D eigenvalue weighted by Gasteiger charge is -2.55. The van der Waals surface area contributed by atoms with Crippen molar-refractivity contribution in [1.82, 2.24) is 9.80 Å². The second-order valence-corrected chi connectivity index (χ2v) is 27.3. The van der Waals surface area contributed by atoms with Crippen molar-refractivity contribution in [1.29, 1.82) is 0 Å². The lowest BCUT2D eigenvalue weighted by Crippen LogP contribution is -2.62. The molecule has 10 spiro atoms. The highest BCUT2D eigenvalue weighted by molar-refractivity contribution is 5.79. The van der Waals surface area contributed by atoms with Gasteiger partial charge in [-0.2, -0.15) is 0 Å². The van der Waals surface area contributed by atoms with Crippen LogP contribution in [0.1, 0.15) is 150 Å². The largest absolute Gasteiger partial charge is 0.349 e. The van der Waals surface area contributed by atoms with Crippen LogP contribution in [0.15, 0.2) is 10.2 Å². The molecule has 8 saturated heterocycles. The molecule has 13 rings (SSSR count). The summed E-state index contributed by atoms with van der Waals surface area (Å²) >= 11 is 0.